The standard InChI is InChI=1S/C14H19NO3/c1-4-12-7-5-6-10(2)14(12)15(11(3)16)9-8-13(17)18/h5-7H,4,8-9H2,1-3H3,(H,17,18). The van der Waals surface area contributed by atoms with Gasteiger partial charge in [-0.1, -0.05) is 25.1 Å². The van der Waals surface area contributed by atoms with E-state index in [4.69, 9.17) is 5.11 Å². The van der Waals surface area contributed by atoms with Crippen LogP contribution in [0.5, 0.6) is 0 Å². The van der Waals surface area contributed by atoms with Crippen LogP contribution < -0.4 is 4.90 Å². The molecule has 1 N–H and O–H groups in total. The average Bonchev–Trinajstić information content (AvgIpc) is 2.30. The predicted molar refractivity (Wildman–Crippen MR) is 70.8 cm³/mol. The van der Waals surface area contributed by atoms with Gasteiger partial charge < -0.3 is 10.0 Å². The van der Waals surface area contributed by atoms with Crippen molar-refractivity contribution in [3.8, 4) is 0 Å². The van der Waals surface area contributed by atoms with E-state index in [0.717, 1.165) is 23.2 Å². The van der Waals surface area contributed by atoms with Crippen LogP contribution in [0.4, 0.5) is 5.69 Å². The van der Waals surface area contributed by atoms with Crippen LogP contribution in [0.2, 0.25) is 0 Å². The van der Waals surface area contributed by atoms with E-state index in [0.29, 0.717) is 0 Å². The van der Waals surface area contributed by atoms with Gasteiger partial charge in [0, 0.05) is 19.2 Å². The minimum Gasteiger partial charge on any atom is -0.481 e. The maximum absolute atomic E-state index is 11.7. The Hall–Kier alpha value is -1.84. The number of para-hydroxylation sites is 1. The van der Waals surface area contributed by atoms with Gasteiger partial charge in [-0.15, -0.1) is 0 Å². The van der Waals surface area contributed by atoms with Crippen molar-refractivity contribution >= 4 is 17.6 Å². The van der Waals surface area contributed by atoms with E-state index in [1.165, 1.54) is 6.92 Å². The molecule has 1 aromatic rings. The molecule has 4 heteroatoms. The third-order valence-electron chi connectivity index (χ3n) is 2.90. The summed E-state index contributed by atoms with van der Waals surface area (Å²) in [5.74, 6) is -1.02. The molecule has 0 saturated carbocycles. The van der Waals surface area contributed by atoms with Crippen molar-refractivity contribution < 1.29 is 14.7 Å². The van der Waals surface area contributed by atoms with Gasteiger partial charge in [0.05, 0.1) is 6.42 Å². The highest BCUT2D eigenvalue weighted by Crippen LogP contribution is 2.26. The maximum atomic E-state index is 11.7. The fourth-order valence-electron chi connectivity index (χ4n) is 2.03. The zero-order chi connectivity index (χ0) is 13.7. The average molecular weight is 249 g/mol. The lowest BCUT2D eigenvalue weighted by Crippen LogP contribution is -2.32. The second-order valence-corrected chi connectivity index (χ2v) is 4.25. The predicted octanol–water partition coefficient (Wildman–Crippen LogP) is 2.39. The Morgan fingerprint density at radius 1 is 1.33 bits per heavy atom. The second kappa shape index (κ2) is 6.19. The van der Waals surface area contributed by atoms with E-state index in [1.54, 1.807) is 4.90 Å². The first-order chi connectivity index (χ1) is 8.47. The topological polar surface area (TPSA) is 57.6 Å². The molecule has 0 atom stereocenters. The van der Waals surface area contributed by atoms with Gasteiger partial charge in [-0.2, -0.15) is 0 Å². The van der Waals surface area contributed by atoms with Crippen LogP contribution in [0.3, 0.4) is 0 Å². The lowest BCUT2D eigenvalue weighted by atomic mass is 10.0. The fraction of sp³-hybridized carbons (Fsp3) is 0.429. The summed E-state index contributed by atoms with van der Waals surface area (Å²) < 4.78 is 0. The Labute approximate surface area is 107 Å². The Morgan fingerprint density at radius 3 is 2.50 bits per heavy atom. The van der Waals surface area contributed by atoms with Crippen LogP contribution in [0, 0.1) is 6.92 Å². The molecule has 18 heavy (non-hydrogen) atoms. The molecule has 0 spiro atoms. The third kappa shape index (κ3) is 3.32. The van der Waals surface area contributed by atoms with Crippen LogP contribution in [-0.2, 0) is 16.0 Å². The molecule has 0 radical (unpaired) electrons. The first-order valence-electron chi connectivity index (χ1n) is 6.05. The molecule has 0 aliphatic carbocycles. The van der Waals surface area contributed by atoms with Crippen LogP contribution in [0.25, 0.3) is 0 Å². The summed E-state index contributed by atoms with van der Waals surface area (Å²) in [4.78, 5) is 23.9. The summed E-state index contributed by atoms with van der Waals surface area (Å²) in [6.45, 7) is 5.63. The van der Waals surface area contributed by atoms with Crippen molar-refractivity contribution in [2.75, 3.05) is 11.4 Å². The summed E-state index contributed by atoms with van der Waals surface area (Å²) in [6, 6.07) is 5.86. The molecule has 0 heterocycles. The molecule has 0 unspecified atom stereocenters. The molecule has 1 rings (SSSR count). The van der Waals surface area contributed by atoms with Crippen molar-refractivity contribution in [1.29, 1.82) is 0 Å². The Morgan fingerprint density at radius 2 is 2.00 bits per heavy atom. The van der Waals surface area contributed by atoms with Crippen molar-refractivity contribution in [3.63, 3.8) is 0 Å². The molecule has 0 aromatic heterocycles. The van der Waals surface area contributed by atoms with Crippen molar-refractivity contribution in [3.05, 3.63) is 29.3 Å². The number of carbonyl (C=O) groups is 2. The van der Waals surface area contributed by atoms with Crippen molar-refractivity contribution in [2.45, 2.75) is 33.6 Å². The number of rotatable bonds is 5. The van der Waals surface area contributed by atoms with Gasteiger partial charge in [-0.25, -0.2) is 0 Å². The second-order valence-electron chi connectivity index (χ2n) is 4.25. The van der Waals surface area contributed by atoms with Gasteiger partial charge >= 0.3 is 5.97 Å². The zero-order valence-corrected chi connectivity index (χ0v) is 11.1. The smallest absolute Gasteiger partial charge is 0.305 e. The van der Waals surface area contributed by atoms with E-state index in [9.17, 15) is 9.59 Å². The van der Waals surface area contributed by atoms with E-state index in [-0.39, 0.29) is 18.9 Å². The third-order valence-corrected chi connectivity index (χ3v) is 2.90. The van der Waals surface area contributed by atoms with Crippen LogP contribution in [-0.4, -0.2) is 23.5 Å². The quantitative estimate of drug-likeness (QED) is 0.871. The summed E-state index contributed by atoms with van der Waals surface area (Å²) in [5.41, 5.74) is 2.92. The van der Waals surface area contributed by atoms with E-state index in [1.807, 2.05) is 32.0 Å². The van der Waals surface area contributed by atoms with Crippen LogP contribution in [0.1, 0.15) is 31.4 Å². The van der Waals surface area contributed by atoms with E-state index < -0.39 is 5.97 Å². The molecular formula is C14H19NO3. The number of hydrogen-bond donors (Lipinski definition) is 1. The van der Waals surface area contributed by atoms with Crippen LogP contribution >= 0.6 is 0 Å². The number of carboxylic acids is 1. The van der Waals surface area contributed by atoms with Gasteiger partial charge in [0.2, 0.25) is 5.91 Å². The molecule has 1 aromatic carbocycles. The SMILES string of the molecule is CCc1cccc(C)c1N(CCC(=O)O)C(C)=O. The molecule has 98 valence electrons. The fourth-order valence-corrected chi connectivity index (χ4v) is 2.03. The molecule has 1 amide bonds. The molecule has 4 nitrogen and oxygen atoms in total. The first kappa shape index (κ1) is 14.2. The number of anilines is 1. The molecule has 0 aliphatic heterocycles. The minimum atomic E-state index is -0.895. The number of aryl methyl sites for hydroxylation is 2. The molecule has 0 saturated heterocycles. The van der Waals surface area contributed by atoms with Gasteiger partial charge in [-0.3, -0.25) is 9.59 Å². The molecular weight excluding hydrogens is 230 g/mol. The van der Waals surface area contributed by atoms with Gasteiger partial charge in [0.15, 0.2) is 0 Å². The van der Waals surface area contributed by atoms with Gasteiger partial charge in [-0.05, 0) is 24.5 Å². The first-order valence-corrected chi connectivity index (χ1v) is 6.05. The molecule has 0 fully saturated rings. The Bertz CT molecular complexity index is 454. The number of aliphatic carboxylic acids is 1. The summed E-state index contributed by atoms with van der Waals surface area (Å²) in [7, 11) is 0. The highest BCUT2D eigenvalue weighted by Gasteiger charge is 2.17. The number of carboxylic acid groups (broad SMARTS) is 1. The number of amides is 1. The highest BCUT2D eigenvalue weighted by molar-refractivity contribution is 5.93. The van der Waals surface area contributed by atoms with Gasteiger partial charge in [0.25, 0.3) is 0 Å². The maximum Gasteiger partial charge on any atom is 0.305 e. The largest absolute Gasteiger partial charge is 0.481 e. The minimum absolute atomic E-state index is 0.0446. The van der Waals surface area contributed by atoms with Crippen molar-refractivity contribution in [1.82, 2.24) is 0 Å². The number of hydrogen-bond acceptors (Lipinski definition) is 2. The van der Waals surface area contributed by atoms with E-state index >= 15 is 0 Å². The molecule has 0 aliphatic rings. The monoisotopic (exact) mass is 249 g/mol. The number of benzene rings is 1. The highest BCUT2D eigenvalue weighted by atomic mass is 16.4. The van der Waals surface area contributed by atoms with Crippen LogP contribution in [0.15, 0.2) is 18.2 Å². The normalized spacial score (nSPS) is 10.2. The lowest BCUT2D eigenvalue weighted by Gasteiger charge is -2.25. The summed E-state index contributed by atoms with van der Waals surface area (Å²) in [5, 5.41) is 8.75. The lowest BCUT2D eigenvalue weighted by molar-refractivity contribution is -0.136. The van der Waals surface area contributed by atoms with Crippen molar-refractivity contribution in [2.24, 2.45) is 0 Å². The number of nitrogens with zero attached hydrogens (tertiary/aromatic N) is 1. The molecule has 0 bridgehead atoms. The Balaban J connectivity index is 3.12. The Kier molecular flexibility index (Phi) is 4.89. The van der Waals surface area contributed by atoms with E-state index in [2.05, 4.69) is 0 Å². The summed E-state index contributed by atoms with van der Waals surface area (Å²) >= 11 is 0. The summed E-state index contributed by atoms with van der Waals surface area (Å²) in [6.07, 6.45) is 0.769. The zero-order valence-electron chi connectivity index (χ0n) is 11.1. The number of carbonyl (C=O) groups excluding carboxylic acids is 1. The van der Waals surface area contributed by atoms with Gasteiger partial charge in [0.1, 0.15) is 0 Å².